The van der Waals surface area contributed by atoms with E-state index in [-0.39, 0.29) is 5.56 Å². The number of methoxy groups -OCH3 is 1. The molecule has 0 aliphatic heterocycles. The minimum absolute atomic E-state index is 0.167. The number of ether oxygens (including phenoxy) is 2. The summed E-state index contributed by atoms with van der Waals surface area (Å²) in [5.74, 6) is -0.831. The van der Waals surface area contributed by atoms with Gasteiger partial charge >= 0.3 is 0 Å². The maximum Gasteiger partial charge on any atom is 0.259 e. The van der Waals surface area contributed by atoms with E-state index in [2.05, 4.69) is 21.2 Å². The smallest absolute Gasteiger partial charge is 0.259 e. The summed E-state index contributed by atoms with van der Waals surface area (Å²) < 4.78 is 25.1. The Morgan fingerprint density at radius 1 is 1.14 bits per heavy atom. The Hall–Kier alpha value is -3.06. The number of hydrogen-bond donors (Lipinski definition) is 2. The molecule has 0 fully saturated rings. The largest absolute Gasteiger partial charge is 0.504 e. The van der Waals surface area contributed by atoms with Crippen LogP contribution in [0, 0.1) is 5.82 Å². The summed E-state index contributed by atoms with van der Waals surface area (Å²) in [4.78, 5) is 12.4. The van der Waals surface area contributed by atoms with Crippen molar-refractivity contribution in [2.45, 2.75) is 6.42 Å². The van der Waals surface area contributed by atoms with Crippen molar-refractivity contribution >= 4 is 27.5 Å². The van der Waals surface area contributed by atoms with E-state index in [1.54, 1.807) is 31.4 Å². The van der Waals surface area contributed by atoms with Crippen molar-refractivity contribution in [3.05, 3.63) is 82.1 Å². The summed E-state index contributed by atoms with van der Waals surface area (Å²) in [5, 5.41) is 12.4. The average Bonchev–Trinajstić information content (AvgIpc) is 2.71. The van der Waals surface area contributed by atoms with Gasteiger partial charge in [0, 0.05) is 22.6 Å². The third-order valence-corrected chi connectivity index (χ3v) is 4.66. The number of anilines is 1. The van der Waals surface area contributed by atoms with Crippen LogP contribution in [-0.4, -0.2) is 24.7 Å². The molecule has 0 saturated heterocycles. The van der Waals surface area contributed by atoms with Gasteiger partial charge in [0.05, 0.1) is 19.3 Å². The quantitative estimate of drug-likeness (QED) is 0.510. The van der Waals surface area contributed by atoms with E-state index in [1.165, 1.54) is 6.07 Å². The lowest BCUT2D eigenvalue weighted by Crippen LogP contribution is -2.13. The second-order valence-corrected chi connectivity index (χ2v) is 7.09. The number of amides is 1. The van der Waals surface area contributed by atoms with Crippen molar-refractivity contribution in [1.82, 2.24) is 0 Å². The number of carbonyl (C=O) groups excluding carboxylic acids is 1. The van der Waals surface area contributed by atoms with Crippen LogP contribution in [0.5, 0.6) is 17.2 Å². The molecule has 0 spiro atoms. The molecule has 3 rings (SSSR count). The highest BCUT2D eigenvalue weighted by Gasteiger charge is 2.16. The molecule has 29 heavy (non-hydrogen) atoms. The van der Waals surface area contributed by atoms with Gasteiger partial charge < -0.3 is 19.9 Å². The number of nitrogens with one attached hydrogen (secondary N) is 1. The summed E-state index contributed by atoms with van der Waals surface area (Å²) in [5.41, 5.74) is 1.33. The summed E-state index contributed by atoms with van der Waals surface area (Å²) >= 11 is 3.11. The number of hydrogen-bond acceptors (Lipinski definition) is 4. The molecule has 3 aromatic rings. The molecular formula is C22H19BrFNO4. The summed E-state index contributed by atoms with van der Waals surface area (Å²) in [6.45, 7) is 0.426. The van der Waals surface area contributed by atoms with Gasteiger partial charge in [0.25, 0.3) is 5.91 Å². The van der Waals surface area contributed by atoms with Gasteiger partial charge in [-0.1, -0.05) is 40.2 Å². The number of rotatable bonds is 7. The van der Waals surface area contributed by atoms with Gasteiger partial charge in [-0.2, -0.15) is 0 Å². The molecule has 5 nitrogen and oxygen atoms in total. The van der Waals surface area contributed by atoms with E-state index in [9.17, 15) is 14.3 Å². The summed E-state index contributed by atoms with van der Waals surface area (Å²) in [6, 6.07) is 17.0. The molecule has 0 aliphatic carbocycles. The summed E-state index contributed by atoms with van der Waals surface area (Å²) in [7, 11) is 1.63. The number of phenolic OH excluding ortho intramolecular Hbond substituents is 1. The van der Waals surface area contributed by atoms with Crippen LogP contribution in [0.15, 0.2) is 65.1 Å². The number of carbonyl (C=O) groups is 1. The van der Waals surface area contributed by atoms with Gasteiger partial charge in [-0.3, -0.25) is 4.79 Å². The van der Waals surface area contributed by atoms with Crippen molar-refractivity contribution in [2.75, 3.05) is 19.0 Å². The van der Waals surface area contributed by atoms with Crippen molar-refractivity contribution in [2.24, 2.45) is 0 Å². The lowest BCUT2D eigenvalue weighted by molar-refractivity contribution is 0.102. The van der Waals surface area contributed by atoms with Gasteiger partial charge in [-0.25, -0.2) is 4.39 Å². The number of benzene rings is 3. The van der Waals surface area contributed by atoms with Crippen LogP contribution in [0.25, 0.3) is 0 Å². The molecule has 3 aromatic carbocycles. The van der Waals surface area contributed by atoms with Crippen molar-refractivity contribution in [1.29, 1.82) is 0 Å². The monoisotopic (exact) mass is 459 g/mol. The zero-order valence-corrected chi connectivity index (χ0v) is 17.2. The van der Waals surface area contributed by atoms with Gasteiger partial charge in [0.2, 0.25) is 0 Å². The van der Waals surface area contributed by atoms with Gasteiger partial charge in [-0.15, -0.1) is 0 Å². The first-order chi connectivity index (χ1) is 14.0. The Labute approximate surface area is 176 Å². The number of para-hydroxylation sites is 1. The van der Waals surface area contributed by atoms with Crippen LogP contribution in [-0.2, 0) is 6.42 Å². The third-order valence-electron chi connectivity index (χ3n) is 4.20. The van der Waals surface area contributed by atoms with Crippen LogP contribution in [0.4, 0.5) is 10.1 Å². The number of aromatic hydroxyl groups is 1. The van der Waals surface area contributed by atoms with Gasteiger partial charge in [0.15, 0.2) is 11.6 Å². The highest BCUT2D eigenvalue weighted by molar-refractivity contribution is 9.10. The Bertz CT molecular complexity index is 1030. The molecule has 0 radical (unpaired) electrons. The Morgan fingerprint density at radius 3 is 2.72 bits per heavy atom. The van der Waals surface area contributed by atoms with E-state index >= 15 is 0 Å². The Morgan fingerprint density at radius 2 is 1.93 bits per heavy atom. The molecule has 0 heterocycles. The molecule has 7 heteroatoms. The molecule has 0 unspecified atom stereocenters. The maximum absolute atomic E-state index is 13.6. The van der Waals surface area contributed by atoms with E-state index in [0.29, 0.717) is 28.9 Å². The molecule has 0 aromatic heterocycles. The molecular weight excluding hydrogens is 441 g/mol. The van der Waals surface area contributed by atoms with E-state index in [0.717, 1.165) is 17.4 Å². The van der Waals surface area contributed by atoms with Crippen LogP contribution in [0.3, 0.4) is 0 Å². The fourth-order valence-electron chi connectivity index (χ4n) is 2.79. The fraction of sp³-hybridized carbons (Fsp3) is 0.136. The van der Waals surface area contributed by atoms with E-state index in [4.69, 9.17) is 9.47 Å². The second kappa shape index (κ2) is 9.43. The second-order valence-electron chi connectivity index (χ2n) is 6.18. The van der Waals surface area contributed by atoms with Crippen molar-refractivity contribution < 1.29 is 23.8 Å². The molecule has 2 N–H and O–H groups in total. The molecule has 0 atom stereocenters. The molecule has 0 bridgehead atoms. The third kappa shape index (κ3) is 5.26. The predicted molar refractivity (Wildman–Crippen MR) is 112 cm³/mol. The highest BCUT2D eigenvalue weighted by Crippen LogP contribution is 2.27. The van der Waals surface area contributed by atoms with Gasteiger partial charge in [-0.05, 0) is 35.9 Å². The average molecular weight is 460 g/mol. The molecule has 150 valence electrons. The zero-order valence-electron chi connectivity index (χ0n) is 15.6. The van der Waals surface area contributed by atoms with Crippen LogP contribution < -0.4 is 14.8 Å². The van der Waals surface area contributed by atoms with E-state index in [1.807, 2.05) is 24.3 Å². The highest BCUT2D eigenvalue weighted by atomic mass is 79.9. The molecule has 0 saturated carbocycles. The van der Waals surface area contributed by atoms with Crippen LogP contribution in [0.2, 0.25) is 0 Å². The van der Waals surface area contributed by atoms with Crippen LogP contribution in [0.1, 0.15) is 15.9 Å². The maximum atomic E-state index is 13.6. The minimum Gasteiger partial charge on any atom is -0.504 e. The minimum atomic E-state index is -0.877. The molecule has 1 amide bonds. The van der Waals surface area contributed by atoms with Crippen molar-refractivity contribution in [3.63, 3.8) is 0 Å². The zero-order chi connectivity index (χ0) is 20.8. The predicted octanol–water partition coefficient (Wildman–Crippen LogP) is 5.18. The van der Waals surface area contributed by atoms with Crippen molar-refractivity contribution in [3.8, 4) is 17.2 Å². The number of phenols is 1. The lowest BCUT2D eigenvalue weighted by Gasteiger charge is -2.11. The SMILES string of the molecule is COc1ccccc1CCOc1cccc(NC(=O)c2cc(Br)cc(F)c2O)c1. The first kappa shape index (κ1) is 20.7. The fourth-order valence-corrected chi connectivity index (χ4v) is 3.22. The number of halogens is 2. The topological polar surface area (TPSA) is 67.8 Å². The normalized spacial score (nSPS) is 10.4. The molecule has 0 aliphatic rings. The first-order valence-electron chi connectivity index (χ1n) is 8.82. The summed E-state index contributed by atoms with van der Waals surface area (Å²) in [6.07, 6.45) is 0.659. The standard InChI is InChI=1S/C22H19BrFNO4/c1-28-20-8-3-2-5-14(20)9-10-29-17-7-4-6-16(13-17)25-22(27)18-11-15(23)12-19(24)21(18)26/h2-8,11-13,26H,9-10H2,1H3,(H,25,27). The van der Waals surface area contributed by atoms with Crippen LogP contribution >= 0.6 is 15.9 Å². The Kier molecular flexibility index (Phi) is 6.72. The lowest BCUT2D eigenvalue weighted by atomic mass is 10.1. The van der Waals surface area contributed by atoms with Gasteiger partial charge in [0.1, 0.15) is 11.5 Å². The van der Waals surface area contributed by atoms with E-state index < -0.39 is 17.5 Å². The Balaban J connectivity index is 1.64. The first-order valence-corrected chi connectivity index (χ1v) is 9.61.